The smallest absolute Gasteiger partial charge is 0.0241 e. The Kier molecular flexibility index (Phi) is 7.84. The van der Waals surface area contributed by atoms with E-state index in [4.69, 9.17) is 0 Å². The summed E-state index contributed by atoms with van der Waals surface area (Å²) in [6.07, 6.45) is 21.2. The van der Waals surface area contributed by atoms with Crippen LogP contribution in [0.1, 0.15) is 95.1 Å². The zero-order valence-corrected chi connectivity index (χ0v) is 17.3. The van der Waals surface area contributed by atoms with Crippen LogP contribution in [-0.4, -0.2) is 0 Å². The second-order valence-electron chi connectivity index (χ2n) is 9.16. The normalized spacial score (nSPS) is 26.5. The van der Waals surface area contributed by atoms with E-state index in [1.165, 1.54) is 94.6 Å². The molecule has 0 amide bonds. The number of benzene rings is 1. The van der Waals surface area contributed by atoms with Crippen LogP contribution >= 0.6 is 0 Å². The Hall–Kier alpha value is -1.04. The molecule has 0 aliphatic heterocycles. The summed E-state index contributed by atoms with van der Waals surface area (Å²) >= 11 is 0. The van der Waals surface area contributed by atoms with Crippen LogP contribution < -0.4 is 0 Å². The van der Waals surface area contributed by atoms with Gasteiger partial charge in [0.25, 0.3) is 0 Å². The number of aryl methyl sites for hydroxylation is 2. The second kappa shape index (κ2) is 10.3. The first kappa shape index (κ1) is 19.7. The van der Waals surface area contributed by atoms with Crippen molar-refractivity contribution in [3.8, 4) is 0 Å². The van der Waals surface area contributed by atoms with Crippen LogP contribution in [0.3, 0.4) is 0 Å². The molecule has 0 aromatic heterocycles. The minimum atomic E-state index is 0.995. The van der Waals surface area contributed by atoms with Crippen LogP contribution in [0.2, 0.25) is 0 Å². The van der Waals surface area contributed by atoms with E-state index in [0.717, 1.165) is 17.8 Å². The van der Waals surface area contributed by atoms with Crippen LogP contribution in [0.25, 0.3) is 0 Å². The summed E-state index contributed by atoms with van der Waals surface area (Å²) in [6.45, 7) is 4.49. The fourth-order valence-electron chi connectivity index (χ4n) is 5.25. The molecule has 0 nitrogen and oxygen atoms in total. The highest BCUT2D eigenvalue weighted by atomic mass is 14.3. The van der Waals surface area contributed by atoms with E-state index in [-0.39, 0.29) is 0 Å². The van der Waals surface area contributed by atoms with E-state index in [1.54, 1.807) is 5.57 Å². The average molecular weight is 353 g/mol. The van der Waals surface area contributed by atoms with Gasteiger partial charge in [-0.1, -0.05) is 86.9 Å². The van der Waals surface area contributed by atoms with Crippen LogP contribution in [0.4, 0.5) is 0 Å². The van der Waals surface area contributed by atoms with Crippen molar-refractivity contribution in [3.63, 3.8) is 0 Å². The summed E-state index contributed by atoms with van der Waals surface area (Å²) in [5, 5.41) is 0. The molecule has 0 heteroatoms. The van der Waals surface area contributed by atoms with Gasteiger partial charge in [-0.25, -0.2) is 0 Å². The Morgan fingerprint density at radius 3 is 2.27 bits per heavy atom. The van der Waals surface area contributed by atoms with Crippen LogP contribution in [0, 0.1) is 24.7 Å². The van der Waals surface area contributed by atoms with E-state index in [1.807, 2.05) is 0 Å². The van der Waals surface area contributed by atoms with E-state index < -0.39 is 0 Å². The molecule has 0 saturated heterocycles. The van der Waals surface area contributed by atoms with Crippen molar-refractivity contribution in [1.82, 2.24) is 0 Å². The largest absolute Gasteiger partial charge is 0.0850 e. The minimum absolute atomic E-state index is 0.995. The standard InChI is InChI=1S/C26H40/c1-3-4-5-6-22-13-17-25(18-14-22)26-19-15-24(16-20-26)12-11-23-9-7-21(2)8-10-23/h7-10,15,22,25-26H,3-6,11-14,16-20H2,1-2H3. The molecule has 2 aliphatic rings. The number of hydrogen-bond acceptors (Lipinski definition) is 0. The molecule has 26 heavy (non-hydrogen) atoms. The van der Waals surface area contributed by atoms with Crippen molar-refractivity contribution in [2.75, 3.05) is 0 Å². The van der Waals surface area contributed by atoms with Gasteiger partial charge in [0.1, 0.15) is 0 Å². The molecule has 1 atom stereocenters. The van der Waals surface area contributed by atoms with Gasteiger partial charge >= 0.3 is 0 Å². The van der Waals surface area contributed by atoms with Gasteiger partial charge in [-0.2, -0.15) is 0 Å². The monoisotopic (exact) mass is 352 g/mol. The lowest BCUT2D eigenvalue weighted by Crippen LogP contribution is -2.23. The van der Waals surface area contributed by atoms with Gasteiger partial charge in [0.05, 0.1) is 0 Å². The zero-order valence-electron chi connectivity index (χ0n) is 17.3. The highest BCUT2D eigenvalue weighted by Crippen LogP contribution is 2.41. The molecule has 0 radical (unpaired) electrons. The molecule has 1 saturated carbocycles. The number of unbranched alkanes of at least 4 members (excludes halogenated alkanes) is 2. The maximum Gasteiger partial charge on any atom is -0.0241 e. The molecule has 1 aromatic rings. The van der Waals surface area contributed by atoms with E-state index in [2.05, 4.69) is 44.2 Å². The molecule has 2 aliphatic carbocycles. The Morgan fingerprint density at radius 1 is 0.846 bits per heavy atom. The third kappa shape index (κ3) is 6.00. The minimum Gasteiger partial charge on any atom is -0.0850 e. The molecule has 144 valence electrons. The highest BCUT2D eigenvalue weighted by Gasteiger charge is 2.28. The van der Waals surface area contributed by atoms with Gasteiger partial charge in [0.2, 0.25) is 0 Å². The zero-order chi connectivity index (χ0) is 18.2. The van der Waals surface area contributed by atoms with Gasteiger partial charge in [-0.3, -0.25) is 0 Å². The summed E-state index contributed by atoms with van der Waals surface area (Å²) in [5.41, 5.74) is 4.60. The second-order valence-corrected chi connectivity index (χ2v) is 9.16. The first-order valence-electron chi connectivity index (χ1n) is 11.5. The van der Waals surface area contributed by atoms with E-state index in [9.17, 15) is 0 Å². The number of hydrogen-bond donors (Lipinski definition) is 0. The topological polar surface area (TPSA) is 0 Å². The van der Waals surface area contributed by atoms with Crippen LogP contribution in [-0.2, 0) is 6.42 Å². The molecule has 0 heterocycles. The van der Waals surface area contributed by atoms with Gasteiger partial charge in [0, 0.05) is 0 Å². The highest BCUT2D eigenvalue weighted by molar-refractivity contribution is 5.22. The van der Waals surface area contributed by atoms with Gasteiger partial charge in [-0.15, -0.1) is 0 Å². The molecular weight excluding hydrogens is 312 g/mol. The molecule has 1 unspecified atom stereocenters. The summed E-state index contributed by atoms with van der Waals surface area (Å²) in [6, 6.07) is 9.11. The predicted octanol–water partition coefficient (Wildman–Crippen LogP) is 8.04. The molecule has 3 rings (SSSR count). The van der Waals surface area contributed by atoms with Crippen molar-refractivity contribution in [3.05, 3.63) is 47.0 Å². The maximum absolute atomic E-state index is 2.62. The number of allylic oxidation sites excluding steroid dienone is 2. The molecule has 0 N–H and O–H groups in total. The third-order valence-corrected chi connectivity index (χ3v) is 7.17. The lowest BCUT2D eigenvalue weighted by Gasteiger charge is -2.35. The predicted molar refractivity (Wildman–Crippen MR) is 115 cm³/mol. The molecule has 1 aromatic carbocycles. The Labute approximate surface area is 162 Å². The van der Waals surface area contributed by atoms with E-state index in [0.29, 0.717) is 0 Å². The van der Waals surface area contributed by atoms with Crippen molar-refractivity contribution < 1.29 is 0 Å². The SMILES string of the molecule is CCCCCC1CCC(C2CC=C(CCc3ccc(C)cc3)CC2)CC1. The summed E-state index contributed by atoms with van der Waals surface area (Å²) in [5.74, 6) is 3.09. The lowest BCUT2D eigenvalue weighted by atomic mass is 9.70. The third-order valence-electron chi connectivity index (χ3n) is 7.17. The van der Waals surface area contributed by atoms with Gasteiger partial charge in [-0.05, 0) is 75.2 Å². The van der Waals surface area contributed by atoms with Crippen molar-refractivity contribution in [2.24, 2.45) is 17.8 Å². The summed E-state index contributed by atoms with van der Waals surface area (Å²) in [4.78, 5) is 0. The van der Waals surface area contributed by atoms with Crippen molar-refractivity contribution in [2.45, 2.75) is 97.3 Å². The molecular formula is C26H40. The van der Waals surface area contributed by atoms with E-state index >= 15 is 0 Å². The summed E-state index contributed by atoms with van der Waals surface area (Å²) in [7, 11) is 0. The number of rotatable bonds is 8. The van der Waals surface area contributed by atoms with Crippen LogP contribution in [0.15, 0.2) is 35.9 Å². The Bertz CT molecular complexity index is 542. The first-order chi connectivity index (χ1) is 12.7. The quantitative estimate of drug-likeness (QED) is 0.328. The fraction of sp³-hybridized carbons (Fsp3) is 0.692. The van der Waals surface area contributed by atoms with Crippen LogP contribution in [0.5, 0.6) is 0 Å². The Morgan fingerprint density at radius 2 is 1.62 bits per heavy atom. The molecule has 0 spiro atoms. The first-order valence-corrected chi connectivity index (χ1v) is 11.5. The van der Waals surface area contributed by atoms with Gasteiger partial charge in [0.15, 0.2) is 0 Å². The average Bonchev–Trinajstić information content (AvgIpc) is 2.69. The summed E-state index contributed by atoms with van der Waals surface area (Å²) < 4.78 is 0. The van der Waals surface area contributed by atoms with Crippen molar-refractivity contribution in [1.29, 1.82) is 0 Å². The fourth-order valence-corrected chi connectivity index (χ4v) is 5.25. The van der Waals surface area contributed by atoms with Gasteiger partial charge < -0.3 is 0 Å². The molecule has 0 bridgehead atoms. The molecule has 1 fully saturated rings. The lowest BCUT2D eigenvalue weighted by molar-refractivity contribution is 0.185. The Balaban J connectivity index is 1.37. The van der Waals surface area contributed by atoms with Crippen molar-refractivity contribution >= 4 is 0 Å². The maximum atomic E-state index is 2.62.